The molecule has 0 N–H and O–H groups in total. The minimum atomic E-state index is -3.38. The summed E-state index contributed by atoms with van der Waals surface area (Å²) < 4.78 is 32.0. The van der Waals surface area contributed by atoms with Crippen molar-refractivity contribution in [3.8, 4) is 0 Å². The highest BCUT2D eigenvalue weighted by atomic mass is 35.5. The molecule has 0 amide bonds. The Balaban J connectivity index is 2.05. The van der Waals surface area contributed by atoms with Gasteiger partial charge in [0, 0.05) is 26.1 Å². The number of methoxy groups -OCH3 is 1. The van der Waals surface area contributed by atoms with Gasteiger partial charge in [-0.2, -0.15) is 4.31 Å². The number of alkyl halides is 1. The lowest BCUT2D eigenvalue weighted by atomic mass is 10.1. The van der Waals surface area contributed by atoms with E-state index in [9.17, 15) is 8.42 Å². The van der Waals surface area contributed by atoms with Gasteiger partial charge in [-0.25, -0.2) is 8.42 Å². The van der Waals surface area contributed by atoms with Crippen LogP contribution in [0.2, 0.25) is 0 Å². The molecular weight excluding hydrogens is 310 g/mol. The van der Waals surface area contributed by atoms with E-state index in [0.29, 0.717) is 23.9 Å². The fraction of sp³-hybridized carbons (Fsp3) is 0.600. The first kappa shape index (κ1) is 16.7. The van der Waals surface area contributed by atoms with Crippen molar-refractivity contribution in [3.63, 3.8) is 0 Å². The quantitative estimate of drug-likeness (QED) is 0.753. The van der Waals surface area contributed by atoms with E-state index < -0.39 is 10.0 Å². The van der Waals surface area contributed by atoms with Crippen molar-refractivity contribution in [3.05, 3.63) is 29.8 Å². The van der Waals surface area contributed by atoms with Crippen molar-refractivity contribution in [2.45, 2.75) is 36.7 Å². The molecule has 0 atom stereocenters. The number of nitrogens with zero attached hydrogens (tertiary/aromatic N) is 1. The number of piperidine rings is 1. The van der Waals surface area contributed by atoms with Crippen molar-refractivity contribution in [2.24, 2.45) is 0 Å². The Morgan fingerprint density at radius 1 is 1.24 bits per heavy atom. The van der Waals surface area contributed by atoms with Gasteiger partial charge in [-0.05, 0) is 43.4 Å². The van der Waals surface area contributed by atoms with Gasteiger partial charge in [0.2, 0.25) is 10.0 Å². The van der Waals surface area contributed by atoms with E-state index in [1.54, 1.807) is 23.5 Å². The zero-order valence-corrected chi connectivity index (χ0v) is 13.9. The van der Waals surface area contributed by atoms with E-state index in [4.69, 9.17) is 16.3 Å². The second-order valence-electron chi connectivity index (χ2n) is 5.28. The van der Waals surface area contributed by atoms with Crippen molar-refractivity contribution < 1.29 is 13.2 Å². The number of hydrogen-bond acceptors (Lipinski definition) is 3. The number of halogens is 1. The van der Waals surface area contributed by atoms with Crippen molar-refractivity contribution >= 4 is 21.6 Å². The van der Waals surface area contributed by atoms with Crippen LogP contribution in [0.25, 0.3) is 0 Å². The van der Waals surface area contributed by atoms with E-state index in [1.165, 1.54) is 0 Å². The molecule has 1 saturated heterocycles. The van der Waals surface area contributed by atoms with Crippen molar-refractivity contribution in [2.75, 3.05) is 26.1 Å². The summed E-state index contributed by atoms with van der Waals surface area (Å²) in [6.45, 7) is 1.05. The van der Waals surface area contributed by atoms with Gasteiger partial charge in [0.1, 0.15) is 0 Å². The van der Waals surface area contributed by atoms with E-state index in [-0.39, 0.29) is 6.10 Å². The van der Waals surface area contributed by atoms with Gasteiger partial charge < -0.3 is 4.74 Å². The van der Waals surface area contributed by atoms with Gasteiger partial charge in [-0.1, -0.05) is 12.1 Å². The fourth-order valence-corrected chi connectivity index (χ4v) is 4.16. The van der Waals surface area contributed by atoms with Crippen LogP contribution in [0.3, 0.4) is 0 Å². The maximum Gasteiger partial charge on any atom is 0.243 e. The average molecular weight is 332 g/mol. The topological polar surface area (TPSA) is 46.6 Å². The van der Waals surface area contributed by atoms with Crippen LogP contribution >= 0.6 is 11.6 Å². The van der Waals surface area contributed by atoms with E-state index in [0.717, 1.165) is 31.2 Å². The molecule has 1 aliphatic rings. The monoisotopic (exact) mass is 331 g/mol. The summed E-state index contributed by atoms with van der Waals surface area (Å²) in [5.41, 5.74) is 1.12. The Hall–Kier alpha value is -0.620. The average Bonchev–Trinajstić information content (AvgIpc) is 2.53. The molecule has 0 bridgehead atoms. The van der Waals surface area contributed by atoms with Crippen LogP contribution in [-0.4, -0.2) is 44.9 Å². The lowest BCUT2D eigenvalue weighted by molar-refractivity contribution is 0.0604. The predicted octanol–water partition coefficient (Wildman–Crippen LogP) is 2.66. The molecule has 0 aliphatic carbocycles. The molecule has 4 nitrogen and oxygen atoms in total. The van der Waals surface area contributed by atoms with Crippen LogP contribution in [0.15, 0.2) is 29.2 Å². The number of rotatable bonds is 6. The molecule has 6 heteroatoms. The van der Waals surface area contributed by atoms with Gasteiger partial charge in [-0.3, -0.25) is 0 Å². The first-order valence-electron chi connectivity index (χ1n) is 7.26. The zero-order chi connectivity index (χ0) is 15.3. The Morgan fingerprint density at radius 2 is 1.86 bits per heavy atom. The van der Waals surface area contributed by atoms with Crippen LogP contribution < -0.4 is 0 Å². The molecule has 0 spiro atoms. The molecular formula is C15H22ClNO3S. The zero-order valence-electron chi connectivity index (χ0n) is 12.3. The van der Waals surface area contributed by atoms with Crippen LogP contribution in [0.4, 0.5) is 0 Å². The smallest absolute Gasteiger partial charge is 0.243 e. The maximum atomic E-state index is 12.6. The Labute approximate surface area is 132 Å². The van der Waals surface area contributed by atoms with Crippen LogP contribution in [-0.2, 0) is 21.2 Å². The fourth-order valence-electron chi connectivity index (χ4n) is 2.56. The van der Waals surface area contributed by atoms with Crippen LogP contribution in [0.5, 0.6) is 0 Å². The third kappa shape index (κ3) is 4.19. The highest BCUT2D eigenvalue weighted by Gasteiger charge is 2.29. The third-order valence-electron chi connectivity index (χ3n) is 3.89. The summed E-state index contributed by atoms with van der Waals surface area (Å²) in [5, 5.41) is 0. The minimum Gasteiger partial charge on any atom is -0.381 e. The number of hydrogen-bond donors (Lipinski definition) is 0. The Morgan fingerprint density at radius 3 is 2.38 bits per heavy atom. The number of benzene rings is 1. The van der Waals surface area contributed by atoms with Gasteiger partial charge in [0.05, 0.1) is 11.0 Å². The predicted molar refractivity (Wildman–Crippen MR) is 84.3 cm³/mol. The summed E-state index contributed by atoms with van der Waals surface area (Å²) in [7, 11) is -1.70. The first-order valence-corrected chi connectivity index (χ1v) is 9.23. The van der Waals surface area contributed by atoms with Gasteiger partial charge in [0.25, 0.3) is 0 Å². The molecule has 1 aromatic rings. The van der Waals surface area contributed by atoms with Crippen molar-refractivity contribution in [1.29, 1.82) is 0 Å². The highest BCUT2D eigenvalue weighted by Crippen LogP contribution is 2.22. The van der Waals surface area contributed by atoms with E-state index in [1.807, 2.05) is 12.1 Å². The molecule has 1 fully saturated rings. The largest absolute Gasteiger partial charge is 0.381 e. The van der Waals surface area contributed by atoms with E-state index in [2.05, 4.69) is 0 Å². The van der Waals surface area contributed by atoms with Crippen molar-refractivity contribution in [1.82, 2.24) is 4.31 Å². The molecule has 1 aliphatic heterocycles. The van der Waals surface area contributed by atoms with Crippen LogP contribution in [0.1, 0.15) is 24.8 Å². The van der Waals surface area contributed by atoms with Gasteiger partial charge in [-0.15, -0.1) is 11.6 Å². The summed E-state index contributed by atoms with van der Waals surface area (Å²) in [6.07, 6.45) is 3.46. The molecule has 0 radical (unpaired) electrons. The lowest BCUT2D eigenvalue weighted by Crippen LogP contribution is -2.40. The Kier molecular flexibility index (Phi) is 6.05. The SMILES string of the molecule is COC1CCN(S(=O)(=O)c2ccc(CCCCl)cc2)CC1. The molecule has 21 heavy (non-hydrogen) atoms. The third-order valence-corrected chi connectivity index (χ3v) is 6.07. The lowest BCUT2D eigenvalue weighted by Gasteiger charge is -2.30. The summed E-state index contributed by atoms with van der Waals surface area (Å²) >= 11 is 5.67. The summed E-state index contributed by atoms with van der Waals surface area (Å²) in [6, 6.07) is 7.14. The minimum absolute atomic E-state index is 0.175. The Bertz CT molecular complexity index is 537. The molecule has 2 rings (SSSR count). The van der Waals surface area contributed by atoms with E-state index >= 15 is 0 Å². The standard InChI is InChI=1S/C15H22ClNO3S/c1-20-14-8-11-17(12-9-14)21(18,19)15-6-4-13(5-7-15)3-2-10-16/h4-7,14H,2-3,8-12H2,1H3. The molecule has 1 aromatic carbocycles. The molecule has 0 aromatic heterocycles. The summed E-state index contributed by atoms with van der Waals surface area (Å²) in [5.74, 6) is 0.620. The molecule has 0 saturated carbocycles. The van der Waals surface area contributed by atoms with Crippen LogP contribution in [0, 0.1) is 0 Å². The normalized spacial score (nSPS) is 18.0. The number of ether oxygens (including phenoxy) is 1. The summed E-state index contributed by atoms with van der Waals surface area (Å²) in [4.78, 5) is 0.369. The molecule has 118 valence electrons. The molecule has 1 heterocycles. The number of aryl methyl sites for hydroxylation is 1. The first-order chi connectivity index (χ1) is 10.1. The second-order valence-corrected chi connectivity index (χ2v) is 7.59. The number of sulfonamides is 1. The highest BCUT2D eigenvalue weighted by molar-refractivity contribution is 7.89. The van der Waals surface area contributed by atoms with Gasteiger partial charge >= 0.3 is 0 Å². The molecule has 0 unspecified atom stereocenters. The van der Waals surface area contributed by atoms with Gasteiger partial charge in [0.15, 0.2) is 0 Å². The second kappa shape index (κ2) is 7.58. The maximum absolute atomic E-state index is 12.6.